The van der Waals surface area contributed by atoms with Crippen LogP contribution in [-0.2, 0) is 9.59 Å². The summed E-state index contributed by atoms with van der Waals surface area (Å²) in [4.78, 5) is 29.1. The Kier molecular flexibility index (Phi) is 7.33. The van der Waals surface area contributed by atoms with Crippen LogP contribution in [0.5, 0.6) is 0 Å². The first-order chi connectivity index (χ1) is 12.0. The van der Waals surface area contributed by atoms with Gasteiger partial charge in [0.05, 0.1) is 12.0 Å². The van der Waals surface area contributed by atoms with E-state index in [0.717, 1.165) is 38.0 Å². The Morgan fingerprint density at radius 2 is 2.00 bits per heavy atom. The zero-order valence-corrected chi connectivity index (χ0v) is 16.9. The number of carbonyl (C=O) groups is 2. The van der Waals surface area contributed by atoms with E-state index < -0.39 is 0 Å². The zero-order chi connectivity index (χ0) is 18.0. The van der Waals surface area contributed by atoms with Crippen LogP contribution in [0.25, 0.3) is 0 Å². The molecular formula is C19H27Cl2N3O2. The molecule has 3 rings (SSSR count). The fourth-order valence-electron chi connectivity index (χ4n) is 4.12. The molecule has 0 spiro atoms. The van der Waals surface area contributed by atoms with Crippen molar-refractivity contribution in [1.82, 2.24) is 15.1 Å². The van der Waals surface area contributed by atoms with Crippen LogP contribution in [0.2, 0.25) is 5.02 Å². The fourth-order valence-corrected chi connectivity index (χ4v) is 4.32. The van der Waals surface area contributed by atoms with Crippen LogP contribution in [0.1, 0.15) is 30.9 Å². The molecule has 1 aromatic carbocycles. The smallest absolute Gasteiger partial charge is 0.228 e. The van der Waals surface area contributed by atoms with Gasteiger partial charge < -0.3 is 15.1 Å². The molecule has 144 valence electrons. The molecule has 2 unspecified atom stereocenters. The fraction of sp³-hybridized carbons (Fsp3) is 0.579. The summed E-state index contributed by atoms with van der Waals surface area (Å²) in [5.41, 5.74) is 0.935. The standard InChI is InChI=1S/C19H26ClN3O2.ClH/c1-21-12-13-6-8-23(9-7-13)19(25)16-11-17(24)22(2)18(16)14-4-3-5-15(20)10-14;/h3-5,10,13,16,18,21H,6-9,11-12H2,1-2H3;1H. The van der Waals surface area contributed by atoms with E-state index in [-0.39, 0.29) is 42.6 Å². The van der Waals surface area contributed by atoms with Gasteiger partial charge in [-0.15, -0.1) is 12.4 Å². The van der Waals surface area contributed by atoms with Crippen LogP contribution in [-0.4, -0.2) is 55.3 Å². The molecule has 5 nitrogen and oxygen atoms in total. The minimum absolute atomic E-state index is 0. The van der Waals surface area contributed by atoms with Crippen molar-refractivity contribution in [2.24, 2.45) is 11.8 Å². The molecule has 0 aromatic heterocycles. The summed E-state index contributed by atoms with van der Waals surface area (Å²) in [6, 6.07) is 7.27. The van der Waals surface area contributed by atoms with Gasteiger partial charge in [-0.2, -0.15) is 0 Å². The Bertz CT molecular complexity index is 647. The molecule has 2 aliphatic rings. The van der Waals surface area contributed by atoms with E-state index in [1.54, 1.807) is 11.9 Å². The number of benzene rings is 1. The van der Waals surface area contributed by atoms with E-state index >= 15 is 0 Å². The number of nitrogens with one attached hydrogen (secondary N) is 1. The zero-order valence-electron chi connectivity index (χ0n) is 15.3. The van der Waals surface area contributed by atoms with E-state index in [2.05, 4.69) is 5.32 Å². The van der Waals surface area contributed by atoms with Gasteiger partial charge in [-0.1, -0.05) is 23.7 Å². The first kappa shape index (κ1) is 21.0. The number of rotatable bonds is 4. The summed E-state index contributed by atoms with van der Waals surface area (Å²) in [7, 11) is 3.74. The molecule has 0 aliphatic carbocycles. The predicted octanol–water partition coefficient (Wildman–Crippen LogP) is 2.74. The summed E-state index contributed by atoms with van der Waals surface area (Å²) in [5.74, 6) is 0.432. The Morgan fingerprint density at radius 3 is 2.62 bits per heavy atom. The maximum absolute atomic E-state index is 13.1. The van der Waals surface area contributed by atoms with E-state index in [1.807, 2.05) is 36.2 Å². The van der Waals surface area contributed by atoms with Crippen molar-refractivity contribution >= 4 is 35.8 Å². The summed E-state index contributed by atoms with van der Waals surface area (Å²) in [6.07, 6.45) is 2.32. The van der Waals surface area contributed by atoms with Crippen molar-refractivity contribution in [3.05, 3.63) is 34.9 Å². The largest absolute Gasteiger partial charge is 0.342 e. The number of nitrogens with zero attached hydrogens (tertiary/aromatic N) is 2. The molecule has 0 radical (unpaired) electrons. The van der Waals surface area contributed by atoms with Gasteiger partial charge in [-0.3, -0.25) is 9.59 Å². The number of halogens is 2. The number of hydrogen-bond donors (Lipinski definition) is 1. The maximum Gasteiger partial charge on any atom is 0.228 e. The van der Waals surface area contributed by atoms with Crippen LogP contribution in [0.3, 0.4) is 0 Å². The van der Waals surface area contributed by atoms with Crippen molar-refractivity contribution in [1.29, 1.82) is 0 Å². The van der Waals surface area contributed by atoms with Gasteiger partial charge in [0.1, 0.15) is 0 Å². The molecule has 0 saturated carbocycles. The Hall–Kier alpha value is -1.30. The first-order valence-corrected chi connectivity index (χ1v) is 9.33. The quantitative estimate of drug-likeness (QED) is 0.846. The van der Waals surface area contributed by atoms with Crippen molar-refractivity contribution in [2.45, 2.75) is 25.3 Å². The normalized spacial score (nSPS) is 23.9. The van der Waals surface area contributed by atoms with Gasteiger partial charge in [-0.05, 0) is 50.0 Å². The summed E-state index contributed by atoms with van der Waals surface area (Å²) in [5, 5.41) is 3.84. The molecule has 7 heteroatoms. The minimum atomic E-state index is -0.322. The lowest BCUT2D eigenvalue weighted by atomic mass is 9.90. The second-order valence-electron chi connectivity index (χ2n) is 7.14. The average molecular weight is 400 g/mol. The first-order valence-electron chi connectivity index (χ1n) is 8.95. The second-order valence-corrected chi connectivity index (χ2v) is 7.58. The molecule has 2 amide bonds. The second kappa shape index (κ2) is 9.07. The SMILES string of the molecule is CNCC1CCN(C(=O)C2CC(=O)N(C)C2c2cccc(Cl)c2)CC1.Cl. The third-order valence-electron chi connectivity index (χ3n) is 5.51. The van der Waals surface area contributed by atoms with Crippen LogP contribution < -0.4 is 5.32 Å². The number of hydrogen-bond acceptors (Lipinski definition) is 3. The molecule has 2 atom stereocenters. The molecule has 2 heterocycles. The molecule has 0 bridgehead atoms. The Labute approximate surface area is 166 Å². The Morgan fingerprint density at radius 1 is 1.31 bits per heavy atom. The van der Waals surface area contributed by atoms with Crippen molar-refractivity contribution in [3.8, 4) is 0 Å². The minimum Gasteiger partial charge on any atom is -0.342 e. The highest BCUT2D eigenvalue weighted by Crippen LogP contribution is 2.39. The number of piperidine rings is 1. The maximum atomic E-state index is 13.1. The summed E-state index contributed by atoms with van der Waals surface area (Å²) >= 11 is 6.12. The van der Waals surface area contributed by atoms with Gasteiger partial charge in [0.25, 0.3) is 0 Å². The van der Waals surface area contributed by atoms with E-state index in [0.29, 0.717) is 10.9 Å². The molecule has 2 aliphatic heterocycles. The topological polar surface area (TPSA) is 52.7 Å². The van der Waals surface area contributed by atoms with Crippen LogP contribution in [0, 0.1) is 11.8 Å². The van der Waals surface area contributed by atoms with Crippen LogP contribution >= 0.6 is 24.0 Å². The highest BCUT2D eigenvalue weighted by molar-refractivity contribution is 6.30. The van der Waals surface area contributed by atoms with Gasteiger partial charge in [-0.25, -0.2) is 0 Å². The van der Waals surface area contributed by atoms with Gasteiger partial charge >= 0.3 is 0 Å². The van der Waals surface area contributed by atoms with Crippen LogP contribution in [0.15, 0.2) is 24.3 Å². The third-order valence-corrected chi connectivity index (χ3v) is 5.75. The number of carbonyl (C=O) groups excluding carboxylic acids is 2. The lowest BCUT2D eigenvalue weighted by molar-refractivity contribution is -0.138. The lowest BCUT2D eigenvalue weighted by Gasteiger charge is -2.35. The third kappa shape index (κ3) is 4.33. The lowest BCUT2D eigenvalue weighted by Crippen LogP contribution is -2.44. The van der Waals surface area contributed by atoms with Gasteiger partial charge in [0.15, 0.2) is 0 Å². The molecule has 1 aromatic rings. The summed E-state index contributed by atoms with van der Waals surface area (Å²) < 4.78 is 0. The van der Waals surface area contributed by atoms with Crippen molar-refractivity contribution in [3.63, 3.8) is 0 Å². The van der Waals surface area contributed by atoms with Crippen molar-refractivity contribution < 1.29 is 9.59 Å². The van der Waals surface area contributed by atoms with E-state index in [9.17, 15) is 9.59 Å². The van der Waals surface area contributed by atoms with Crippen molar-refractivity contribution in [2.75, 3.05) is 33.7 Å². The Balaban J connectivity index is 0.00000243. The summed E-state index contributed by atoms with van der Waals surface area (Å²) in [6.45, 7) is 2.56. The van der Waals surface area contributed by atoms with E-state index in [4.69, 9.17) is 11.6 Å². The predicted molar refractivity (Wildman–Crippen MR) is 106 cm³/mol. The molecular weight excluding hydrogens is 373 g/mol. The van der Waals surface area contributed by atoms with E-state index in [1.165, 1.54) is 0 Å². The number of amides is 2. The van der Waals surface area contributed by atoms with Gasteiger partial charge in [0.2, 0.25) is 11.8 Å². The molecule has 2 saturated heterocycles. The molecule has 1 N–H and O–H groups in total. The van der Waals surface area contributed by atoms with Gasteiger partial charge in [0, 0.05) is 31.6 Å². The number of likely N-dealkylation sites (tertiary alicyclic amines) is 2. The average Bonchev–Trinajstić information content (AvgIpc) is 2.90. The monoisotopic (exact) mass is 399 g/mol. The highest BCUT2D eigenvalue weighted by atomic mass is 35.5. The molecule has 2 fully saturated rings. The molecule has 26 heavy (non-hydrogen) atoms. The highest BCUT2D eigenvalue weighted by Gasteiger charge is 2.44. The van der Waals surface area contributed by atoms with Crippen LogP contribution in [0.4, 0.5) is 0 Å².